The molecule has 0 saturated heterocycles. The molecule has 1 N–H and O–H groups in total. The second-order valence-corrected chi connectivity index (χ2v) is 8.31. The molecule has 3 aromatic rings. The fourth-order valence-electron chi connectivity index (χ4n) is 3.58. The molecule has 38 heavy (non-hydrogen) atoms. The van der Waals surface area contributed by atoms with E-state index in [4.69, 9.17) is 18.9 Å². The maximum Gasteiger partial charge on any atom is 0.415 e. The highest BCUT2D eigenvalue weighted by Crippen LogP contribution is 2.16. The van der Waals surface area contributed by atoms with Crippen LogP contribution in [0.3, 0.4) is 0 Å². The van der Waals surface area contributed by atoms with Crippen molar-refractivity contribution in [3.63, 3.8) is 0 Å². The van der Waals surface area contributed by atoms with Crippen LogP contribution in [0.4, 0.5) is 9.18 Å². The van der Waals surface area contributed by atoms with Gasteiger partial charge in [0.1, 0.15) is 29.7 Å². The Balaban J connectivity index is 1.53. The van der Waals surface area contributed by atoms with Crippen LogP contribution in [0.25, 0.3) is 0 Å². The molecule has 0 heterocycles. The third kappa shape index (κ3) is 9.74. The third-order valence-corrected chi connectivity index (χ3v) is 5.46. The van der Waals surface area contributed by atoms with Gasteiger partial charge < -0.3 is 29.0 Å². The van der Waals surface area contributed by atoms with Gasteiger partial charge in [-0.2, -0.15) is 0 Å². The Morgan fingerprint density at radius 3 is 2.24 bits per heavy atom. The van der Waals surface area contributed by atoms with Crippen molar-refractivity contribution in [2.24, 2.45) is 0 Å². The number of carboxylic acid groups (broad SMARTS) is 1. The molecule has 0 aliphatic rings. The van der Waals surface area contributed by atoms with Crippen molar-refractivity contribution in [1.29, 1.82) is 0 Å². The van der Waals surface area contributed by atoms with Gasteiger partial charge in [-0.1, -0.05) is 36.4 Å². The number of carboxylic acids is 1. The smallest absolute Gasteiger partial charge is 0.415 e. The molecule has 1 unspecified atom stereocenters. The van der Waals surface area contributed by atoms with E-state index in [0.29, 0.717) is 31.9 Å². The molecule has 8 nitrogen and oxygen atoms in total. The molecular weight excluding hydrogens is 493 g/mol. The summed E-state index contributed by atoms with van der Waals surface area (Å²) < 4.78 is 35.6. The topological polar surface area (TPSA) is 94.5 Å². The van der Waals surface area contributed by atoms with E-state index in [-0.39, 0.29) is 25.3 Å². The first-order chi connectivity index (χ1) is 18.4. The number of ether oxygens (including phenoxy) is 4. The first-order valence-electron chi connectivity index (χ1n) is 12.4. The molecule has 3 rings (SSSR count). The Hall–Kier alpha value is -4.11. The number of hydrogen-bond acceptors (Lipinski definition) is 6. The highest BCUT2D eigenvalue weighted by molar-refractivity contribution is 5.72. The predicted molar refractivity (Wildman–Crippen MR) is 139 cm³/mol. The molecule has 0 aliphatic carbocycles. The lowest BCUT2D eigenvalue weighted by atomic mass is 10.1. The summed E-state index contributed by atoms with van der Waals surface area (Å²) in [6.07, 6.45) is -0.735. The number of carbonyl (C=O) groups is 2. The van der Waals surface area contributed by atoms with Crippen LogP contribution in [-0.2, 0) is 16.0 Å². The number of amides is 1. The Labute approximate surface area is 221 Å². The lowest BCUT2D eigenvalue weighted by Gasteiger charge is -2.22. The summed E-state index contributed by atoms with van der Waals surface area (Å²) in [6.45, 7) is 3.22. The van der Waals surface area contributed by atoms with E-state index in [1.54, 1.807) is 31.2 Å². The van der Waals surface area contributed by atoms with Gasteiger partial charge in [0.2, 0.25) is 0 Å². The van der Waals surface area contributed by atoms with Gasteiger partial charge >= 0.3 is 12.1 Å². The normalized spacial score (nSPS) is 11.4. The van der Waals surface area contributed by atoms with E-state index in [1.807, 2.05) is 30.3 Å². The number of hydrogen-bond donors (Lipinski definition) is 1. The summed E-state index contributed by atoms with van der Waals surface area (Å²) in [5, 5.41) is 9.26. The summed E-state index contributed by atoms with van der Waals surface area (Å²) in [5.41, 5.74) is 0.803. The third-order valence-electron chi connectivity index (χ3n) is 5.46. The van der Waals surface area contributed by atoms with Crippen molar-refractivity contribution >= 4 is 12.1 Å². The van der Waals surface area contributed by atoms with Crippen molar-refractivity contribution < 1.29 is 38.0 Å². The SMILES string of the molecule is CCOC(Cc1ccc(OCCN(CCCOc2ccccc2)C(=O)Oc2cccc(F)c2)cc1)C(=O)O. The zero-order valence-corrected chi connectivity index (χ0v) is 21.3. The van der Waals surface area contributed by atoms with Crippen molar-refractivity contribution in [3.8, 4) is 17.2 Å². The summed E-state index contributed by atoms with van der Waals surface area (Å²) in [4.78, 5) is 25.6. The maximum atomic E-state index is 13.5. The molecule has 0 aliphatic heterocycles. The van der Waals surface area contributed by atoms with Crippen molar-refractivity contribution in [3.05, 3.63) is 90.2 Å². The molecule has 1 atom stereocenters. The number of halogens is 1. The largest absolute Gasteiger partial charge is 0.494 e. The zero-order valence-electron chi connectivity index (χ0n) is 21.3. The van der Waals surface area contributed by atoms with Crippen LogP contribution in [0.5, 0.6) is 17.2 Å². The maximum absolute atomic E-state index is 13.5. The Morgan fingerprint density at radius 1 is 0.868 bits per heavy atom. The zero-order chi connectivity index (χ0) is 27.2. The fraction of sp³-hybridized carbons (Fsp3) is 0.310. The average Bonchev–Trinajstić information content (AvgIpc) is 2.91. The highest BCUT2D eigenvalue weighted by atomic mass is 19.1. The number of rotatable bonds is 15. The first-order valence-corrected chi connectivity index (χ1v) is 12.4. The summed E-state index contributed by atoms with van der Waals surface area (Å²) in [6, 6.07) is 21.8. The Bertz CT molecular complexity index is 1140. The molecule has 0 fully saturated rings. The van der Waals surface area contributed by atoms with Gasteiger partial charge in [0.05, 0.1) is 13.2 Å². The summed E-state index contributed by atoms with van der Waals surface area (Å²) in [5.74, 6) is -0.0804. The van der Waals surface area contributed by atoms with Crippen LogP contribution in [0.2, 0.25) is 0 Å². The van der Waals surface area contributed by atoms with Crippen molar-refractivity contribution in [1.82, 2.24) is 4.90 Å². The van der Waals surface area contributed by atoms with Crippen LogP contribution in [0, 0.1) is 5.82 Å². The molecule has 0 bridgehead atoms. The van der Waals surface area contributed by atoms with Crippen LogP contribution in [0.1, 0.15) is 18.9 Å². The molecule has 3 aromatic carbocycles. The number of para-hydroxylation sites is 1. The first kappa shape index (κ1) is 28.5. The quantitative estimate of drug-likeness (QED) is 0.272. The highest BCUT2D eigenvalue weighted by Gasteiger charge is 2.18. The number of benzene rings is 3. The van der Waals surface area contributed by atoms with Gasteiger partial charge in [0.25, 0.3) is 0 Å². The van der Waals surface area contributed by atoms with Crippen molar-refractivity contribution in [2.75, 3.05) is 32.9 Å². The summed E-state index contributed by atoms with van der Waals surface area (Å²) >= 11 is 0. The monoisotopic (exact) mass is 525 g/mol. The van der Waals surface area contributed by atoms with E-state index >= 15 is 0 Å². The minimum absolute atomic E-state index is 0.115. The van der Waals surface area contributed by atoms with Gasteiger partial charge in [-0.25, -0.2) is 14.0 Å². The Morgan fingerprint density at radius 2 is 1.55 bits per heavy atom. The molecule has 0 radical (unpaired) electrons. The van der Waals surface area contributed by atoms with E-state index in [1.165, 1.54) is 23.1 Å². The minimum Gasteiger partial charge on any atom is -0.494 e. The number of carbonyl (C=O) groups excluding carboxylic acids is 1. The molecule has 0 aromatic heterocycles. The van der Waals surface area contributed by atoms with Gasteiger partial charge in [-0.05, 0) is 55.3 Å². The van der Waals surface area contributed by atoms with E-state index in [2.05, 4.69) is 0 Å². The van der Waals surface area contributed by atoms with Gasteiger partial charge in [0, 0.05) is 25.6 Å². The summed E-state index contributed by atoms with van der Waals surface area (Å²) in [7, 11) is 0. The fourth-order valence-corrected chi connectivity index (χ4v) is 3.58. The van der Waals surface area contributed by atoms with E-state index in [9.17, 15) is 19.1 Å². The lowest BCUT2D eigenvalue weighted by Crippen LogP contribution is -2.38. The molecular formula is C29H32FNO7. The molecule has 0 spiro atoms. The van der Waals surface area contributed by atoms with Crippen molar-refractivity contribution in [2.45, 2.75) is 25.9 Å². The number of aliphatic carboxylic acids is 1. The molecule has 9 heteroatoms. The predicted octanol–water partition coefficient (Wildman–Crippen LogP) is 5.21. The molecule has 1 amide bonds. The second-order valence-electron chi connectivity index (χ2n) is 8.31. The lowest BCUT2D eigenvalue weighted by molar-refractivity contribution is -0.149. The number of nitrogens with zero attached hydrogens (tertiary/aromatic N) is 1. The van der Waals surface area contributed by atoms with Crippen LogP contribution >= 0.6 is 0 Å². The van der Waals surface area contributed by atoms with Crippen LogP contribution in [-0.4, -0.2) is 61.1 Å². The molecule has 0 saturated carbocycles. The second kappa shape index (κ2) is 15.2. The average molecular weight is 526 g/mol. The van der Waals surface area contributed by atoms with Crippen LogP contribution < -0.4 is 14.2 Å². The van der Waals surface area contributed by atoms with Gasteiger partial charge in [-0.3, -0.25) is 0 Å². The standard InChI is InChI=1S/C29H32FNO7/c1-2-35-27(28(32)33)20-22-12-14-25(15-13-22)37-19-17-31(16-7-18-36-24-9-4-3-5-10-24)29(34)38-26-11-6-8-23(30)21-26/h3-6,8-15,21,27H,2,7,16-20H2,1H3,(H,32,33). The van der Waals surface area contributed by atoms with E-state index in [0.717, 1.165) is 17.4 Å². The Kier molecular flexibility index (Phi) is 11.4. The molecule has 202 valence electrons. The minimum atomic E-state index is -1.01. The van der Waals surface area contributed by atoms with Gasteiger partial charge in [0.15, 0.2) is 6.10 Å². The van der Waals surface area contributed by atoms with Crippen LogP contribution in [0.15, 0.2) is 78.9 Å². The van der Waals surface area contributed by atoms with Gasteiger partial charge in [-0.15, -0.1) is 0 Å². The van der Waals surface area contributed by atoms with E-state index < -0.39 is 24.0 Å².